The van der Waals surface area contributed by atoms with Gasteiger partial charge in [0.25, 0.3) is 0 Å². The van der Waals surface area contributed by atoms with Crippen LogP contribution in [-0.2, 0) is 24.3 Å². The maximum absolute atomic E-state index is 12.6. The lowest BCUT2D eigenvalue weighted by Gasteiger charge is -2.08. The molecular weight excluding hydrogens is 364 g/mol. The van der Waals surface area contributed by atoms with Gasteiger partial charge in [-0.3, -0.25) is 18.9 Å². The van der Waals surface area contributed by atoms with Gasteiger partial charge < -0.3 is 5.32 Å². The highest BCUT2D eigenvalue weighted by Crippen LogP contribution is 2.16. The Morgan fingerprint density at radius 3 is 2.55 bits per heavy atom. The number of nitrogens with zero attached hydrogens (tertiary/aromatic N) is 3. The molecule has 1 amide bonds. The van der Waals surface area contributed by atoms with E-state index in [9.17, 15) is 9.59 Å². The number of pyridine rings is 1. The summed E-state index contributed by atoms with van der Waals surface area (Å²) in [6, 6.07) is 17.7. The average molecular weight is 388 g/mol. The van der Waals surface area contributed by atoms with E-state index < -0.39 is 0 Å². The predicted molar refractivity (Wildman–Crippen MR) is 115 cm³/mol. The molecule has 0 aliphatic heterocycles. The highest BCUT2D eigenvalue weighted by Gasteiger charge is 2.12. The van der Waals surface area contributed by atoms with Gasteiger partial charge in [0.15, 0.2) is 0 Å². The van der Waals surface area contributed by atoms with Gasteiger partial charge in [0.05, 0.1) is 16.6 Å². The molecule has 0 saturated heterocycles. The molecule has 6 heteroatoms. The molecule has 1 N–H and O–H groups in total. The minimum Gasteiger partial charge on any atom is -0.356 e. The van der Waals surface area contributed by atoms with Crippen LogP contribution < -0.4 is 11.0 Å². The second kappa shape index (κ2) is 8.31. The van der Waals surface area contributed by atoms with Crippen molar-refractivity contribution in [3.8, 4) is 0 Å². The van der Waals surface area contributed by atoms with E-state index in [2.05, 4.69) is 10.3 Å². The standard InChI is InChI=1S/C23H24N4O2/c1-2-26-19-10-3-4-11-20(19)27(23(26)29)16-13-21(28)24-15-12-18-8-5-7-17-9-6-14-25-22(17)18/h3-11,14H,2,12-13,15-16H2,1H3,(H,24,28). The topological polar surface area (TPSA) is 68.9 Å². The molecule has 0 fully saturated rings. The Labute approximate surface area is 168 Å². The van der Waals surface area contributed by atoms with Crippen molar-refractivity contribution in [2.75, 3.05) is 6.54 Å². The van der Waals surface area contributed by atoms with Crippen molar-refractivity contribution < 1.29 is 4.79 Å². The Morgan fingerprint density at radius 1 is 1.00 bits per heavy atom. The Balaban J connectivity index is 1.38. The summed E-state index contributed by atoms with van der Waals surface area (Å²) < 4.78 is 3.42. The van der Waals surface area contributed by atoms with Crippen LogP contribution >= 0.6 is 0 Å². The minimum atomic E-state index is -0.0664. The van der Waals surface area contributed by atoms with E-state index in [4.69, 9.17) is 0 Å². The molecule has 29 heavy (non-hydrogen) atoms. The van der Waals surface area contributed by atoms with E-state index >= 15 is 0 Å². The number of aryl methyl sites for hydroxylation is 2. The van der Waals surface area contributed by atoms with E-state index in [1.807, 2.05) is 61.5 Å². The maximum Gasteiger partial charge on any atom is 0.329 e. The highest BCUT2D eigenvalue weighted by atomic mass is 16.2. The first-order valence-electron chi connectivity index (χ1n) is 9.96. The summed E-state index contributed by atoms with van der Waals surface area (Å²) in [6.07, 6.45) is 2.77. The van der Waals surface area contributed by atoms with Gasteiger partial charge in [-0.25, -0.2) is 4.79 Å². The van der Waals surface area contributed by atoms with Crippen LogP contribution in [0.1, 0.15) is 18.9 Å². The van der Waals surface area contributed by atoms with Gasteiger partial charge in [-0.15, -0.1) is 0 Å². The van der Waals surface area contributed by atoms with E-state index in [1.165, 1.54) is 0 Å². The van der Waals surface area contributed by atoms with Gasteiger partial charge in [-0.05, 0) is 37.1 Å². The summed E-state index contributed by atoms with van der Waals surface area (Å²) >= 11 is 0. The van der Waals surface area contributed by atoms with Crippen LogP contribution in [0.5, 0.6) is 0 Å². The van der Waals surface area contributed by atoms with Gasteiger partial charge in [0.2, 0.25) is 5.91 Å². The summed E-state index contributed by atoms with van der Waals surface area (Å²) in [5, 5.41) is 4.07. The Hall–Kier alpha value is -3.41. The number of para-hydroxylation sites is 3. The summed E-state index contributed by atoms with van der Waals surface area (Å²) in [4.78, 5) is 29.4. The molecule has 2 aromatic carbocycles. The summed E-state index contributed by atoms with van der Waals surface area (Å²) in [6.45, 7) is 3.47. The smallest absolute Gasteiger partial charge is 0.329 e. The molecule has 0 aliphatic carbocycles. The third-order valence-corrected chi connectivity index (χ3v) is 5.24. The molecule has 4 rings (SSSR count). The lowest BCUT2D eigenvalue weighted by molar-refractivity contribution is -0.121. The molecule has 6 nitrogen and oxygen atoms in total. The van der Waals surface area contributed by atoms with Crippen LogP contribution in [0.2, 0.25) is 0 Å². The third kappa shape index (κ3) is 3.78. The summed E-state index contributed by atoms with van der Waals surface area (Å²) in [5.41, 5.74) is 3.80. The van der Waals surface area contributed by atoms with Crippen LogP contribution in [0.15, 0.2) is 65.6 Å². The number of carbonyl (C=O) groups is 1. The third-order valence-electron chi connectivity index (χ3n) is 5.24. The van der Waals surface area contributed by atoms with E-state index in [-0.39, 0.29) is 18.0 Å². The predicted octanol–water partition coefficient (Wildman–Crippen LogP) is 3.12. The Kier molecular flexibility index (Phi) is 5.42. The fourth-order valence-corrected chi connectivity index (χ4v) is 3.80. The van der Waals surface area contributed by atoms with Crippen LogP contribution in [0.4, 0.5) is 0 Å². The number of rotatable bonds is 7. The zero-order chi connectivity index (χ0) is 20.2. The van der Waals surface area contributed by atoms with E-state index in [1.54, 1.807) is 15.3 Å². The molecule has 148 valence electrons. The van der Waals surface area contributed by atoms with E-state index in [0.717, 1.165) is 33.9 Å². The quantitative estimate of drug-likeness (QED) is 0.529. The zero-order valence-electron chi connectivity index (χ0n) is 16.5. The highest BCUT2D eigenvalue weighted by molar-refractivity contribution is 5.82. The van der Waals surface area contributed by atoms with Crippen molar-refractivity contribution in [3.05, 3.63) is 76.8 Å². The van der Waals surface area contributed by atoms with Crippen LogP contribution in [0.3, 0.4) is 0 Å². The van der Waals surface area contributed by atoms with Crippen molar-refractivity contribution in [1.29, 1.82) is 0 Å². The van der Waals surface area contributed by atoms with Gasteiger partial charge in [0, 0.05) is 37.6 Å². The number of amides is 1. The molecule has 0 saturated carbocycles. The number of carbonyl (C=O) groups excluding carboxylic acids is 1. The minimum absolute atomic E-state index is 0.0570. The molecule has 4 aromatic rings. The lowest BCUT2D eigenvalue weighted by Crippen LogP contribution is -2.29. The van der Waals surface area contributed by atoms with Crippen LogP contribution in [0.25, 0.3) is 21.9 Å². The molecule has 0 spiro atoms. The SMILES string of the molecule is CCn1c(=O)n(CCC(=O)NCCc2cccc3cccnc23)c2ccccc21. The van der Waals surface area contributed by atoms with Gasteiger partial charge in [-0.2, -0.15) is 0 Å². The number of fused-ring (bicyclic) bond motifs is 2. The molecule has 0 aliphatic rings. The molecule has 0 unspecified atom stereocenters. The summed E-state index contributed by atoms with van der Waals surface area (Å²) in [5.74, 6) is -0.0570. The number of aromatic nitrogens is 3. The monoisotopic (exact) mass is 388 g/mol. The van der Waals surface area contributed by atoms with Crippen molar-refractivity contribution in [2.45, 2.75) is 32.9 Å². The number of nitrogens with one attached hydrogen (secondary N) is 1. The zero-order valence-corrected chi connectivity index (χ0v) is 16.5. The first-order chi connectivity index (χ1) is 14.2. The molecule has 0 radical (unpaired) electrons. The number of hydrogen-bond donors (Lipinski definition) is 1. The van der Waals surface area contributed by atoms with Crippen LogP contribution in [0, 0.1) is 0 Å². The van der Waals surface area contributed by atoms with Crippen molar-refractivity contribution in [2.24, 2.45) is 0 Å². The Bertz CT molecular complexity index is 1220. The second-order valence-electron chi connectivity index (χ2n) is 7.01. The Morgan fingerprint density at radius 2 is 1.76 bits per heavy atom. The molecule has 2 heterocycles. The molecule has 2 aromatic heterocycles. The first kappa shape index (κ1) is 18.9. The summed E-state index contributed by atoms with van der Waals surface area (Å²) in [7, 11) is 0. The molecular formula is C23H24N4O2. The number of imidazole rings is 1. The van der Waals surface area contributed by atoms with Gasteiger partial charge >= 0.3 is 5.69 Å². The van der Waals surface area contributed by atoms with Crippen molar-refractivity contribution in [1.82, 2.24) is 19.4 Å². The van der Waals surface area contributed by atoms with Crippen molar-refractivity contribution >= 4 is 27.8 Å². The fraction of sp³-hybridized carbons (Fsp3) is 0.261. The fourth-order valence-electron chi connectivity index (χ4n) is 3.80. The van der Waals surface area contributed by atoms with Crippen LogP contribution in [-0.4, -0.2) is 26.6 Å². The first-order valence-corrected chi connectivity index (χ1v) is 9.96. The largest absolute Gasteiger partial charge is 0.356 e. The second-order valence-corrected chi connectivity index (χ2v) is 7.01. The average Bonchev–Trinajstić information content (AvgIpc) is 3.03. The van der Waals surface area contributed by atoms with E-state index in [0.29, 0.717) is 19.6 Å². The van der Waals surface area contributed by atoms with Crippen molar-refractivity contribution in [3.63, 3.8) is 0 Å². The lowest BCUT2D eigenvalue weighted by atomic mass is 10.1. The maximum atomic E-state index is 12.6. The molecule has 0 atom stereocenters. The number of benzene rings is 2. The van der Waals surface area contributed by atoms with Gasteiger partial charge in [0.1, 0.15) is 0 Å². The van der Waals surface area contributed by atoms with Gasteiger partial charge in [-0.1, -0.05) is 36.4 Å². The number of hydrogen-bond acceptors (Lipinski definition) is 3. The molecule has 0 bridgehead atoms. The normalized spacial score (nSPS) is 11.2.